The number of halogens is 3. The second kappa shape index (κ2) is 16.6. The van der Waals surface area contributed by atoms with Gasteiger partial charge in [-0.05, 0) is 64.9 Å². The van der Waals surface area contributed by atoms with Crippen LogP contribution in [0.2, 0.25) is 0 Å². The van der Waals surface area contributed by atoms with E-state index < -0.39 is 41.5 Å². The molecule has 0 aromatic heterocycles. The highest BCUT2D eigenvalue weighted by molar-refractivity contribution is 6.11. The van der Waals surface area contributed by atoms with Gasteiger partial charge in [-0.1, -0.05) is 92.7 Å². The van der Waals surface area contributed by atoms with E-state index in [-0.39, 0.29) is 6.42 Å². The minimum Gasteiger partial charge on any atom is -0.463 e. The Morgan fingerprint density at radius 3 is 1.85 bits per heavy atom. The first-order chi connectivity index (χ1) is 23.1. The largest absolute Gasteiger partial charge is 0.463 e. The van der Waals surface area contributed by atoms with Gasteiger partial charge in [-0.15, -0.1) is 0 Å². The average molecular weight is 660 g/mol. The van der Waals surface area contributed by atoms with Gasteiger partial charge in [0.15, 0.2) is 5.41 Å². The van der Waals surface area contributed by atoms with Crippen molar-refractivity contribution in [3.63, 3.8) is 0 Å². The van der Waals surface area contributed by atoms with Gasteiger partial charge in [-0.2, -0.15) is 13.2 Å². The fourth-order valence-electron chi connectivity index (χ4n) is 5.22. The standard InChI is InChI=1S/C38H40F3N3O4/c1-3-22-42-35(46)37(36(47)43-23-4-2,30-11-6-5-7-12-30)26-48-34(45)24-27-14-20-32(21-15-27)44-25-29-10-8-9-13-33(29)28-16-18-31(19-17-28)38(39,40)41/h5-21,44H,3-4,22-26H2,1-2H3,(H,42,46)(H,43,47). The van der Waals surface area contributed by atoms with Crippen LogP contribution in [0.25, 0.3) is 11.1 Å². The van der Waals surface area contributed by atoms with Crippen LogP contribution in [0.1, 0.15) is 48.9 Å². The number of carbonyl (C=O) groups is 3. The van der Waals surface area contributed by atoms with Crippen LogP contribution >= 0.6 is 0 Å². The number of nitrogens with one attached hydrogen (secondary N) is 3. The van der Waals surface area contributed by atoms with Crippen molar-refractivity contribution in [2.45, 2.75) is 51.2 Å². The van der Waals surface area contributed by atoms with Crippen LogP contribution < -0.4 is 16.0 Å². The number of hydrogen-bond acceptors (Lipinski definition) is 5. The summed E-state index contributed by atoms with van der Waals surface area (Å²) in [5.74, 6) is -1.66. The lowest BCUT2D eigenvalue weighted by molar-refractivity contribution is -0.150. The van der Waals surface area contributed by atoms with E-state index in [9.17, 15) is 27.6 Å². The molecule has 0 radical (unpaired) electrons. The van der Waals surface area contributed by atoms with Gasteiger partial charge in [0.05, 0.1) is 12.0 Å². The van der Waals surface area contributed by atoms with E-state index in [1.165, 1.54) is 12.1 Å². The van der Waals surface area contributed by atoms with Crippen LogP contribution in [0.4, 0.5) is 18.9 Å². The third-order valence-corrected chi connectivity index (χ3v) is 7.89. The molecule has 0 spiro atoms. The van der Waals surface area contributed by atoms with Crippen molar-refractivity contribution >= 4 is 23.5 Å². The van der Waals surface area contributed by atoms with Gasteiger partial charge in [0, 0.05) is 25.3 Å². The van der Waals surface area contributed by atoms with Crippen molar-refractivity contribution in [3.05, 3.63) is 125 Å². The van der Waals surface area contributed by atoms with Gasteiger partial charge in [0.25, 0.3) is 0 Å². The van der Waals surface area contributed by atoms with E-state index in [1.807, 2.05) is 50.2 Å². The quantitative estimate of drug-likeness (QED) is 0.0939. The molecule has 0 aliphatic rings. The Labute approximate surface area is 278 Å². The van der Waals surface area contributed by atoms with Crippen molar-refractivity contribution in [2.24, 2.45) is 0 Å². The molecule has 0 aliphatic heterocycles. The van der Waals surface area contributed by atoms with E-state index in [0.29, 0.717) is 49.2 Å². The lowest BCUT2D eigenvalue weighted by Crippen LogP contribution is -2.58. The minimum atomic E-state index is -4.40. The van der Waals surface area contributed by atoms with Gasteiger partial charge in [0.1, 0.15) is 6.61 Å². The zero-order valence-corrected chi connectivity index (χ0v) is 27.0. The molecule has 48 heavy (non-hydrogen) atoms. The molecule has 0 unspecified atom stereocenters. The van der Waals surface area contributed by atoms with Gasteiger partial charge in [-0.3, -0.25) is 14.4 Å². The lowest BCUT2D eigenvalue weighted by Gasteiger charge is -2.31. The summed E-state index contributed by atoms with van der Waals surface area (Å²) in [6.45, 7) is 4.50. The van der Waals surface area contributed by atoms with Crippen molar-refractivity contribution in [2.75, 3.05) is 25.0 Å². The van der Waals surface area contributed by atoms with Crippen LogP contribution in [0, 0.1) is 0 Å². The maximum atomic E-state index is 13.5. The fraction of sp³-hybridized carbons (Fsp3) is 0.289. The number of carbonyl (C=O) groups excluding carboxylic acids is 3. The Morgan fingerprint density at radius 2 is 1.27 bits per heavy atom. The van der Waals surface area contributed by atoms with E-state index in [1.54, 1.807) is 42.5 Å². The van der Waals surface area contributed by atoms with Crippen molar-refractivity contribution < 1.29 is 32.3 Å². The summed E-state index contributed by atoms with van der Waals surface area (Å²) < 4.78 is 44.7. The number of rotatable bonds is 15. The van der Waals surface area contributed by atoms with E-state index in [2.05, 4.69) is 16.0 Å². The second-order valence-electron chi connectivity index (χ2n) is 11.4. The Balaban J connectivity index is 1.42. The van der Waals surface area contributed by atoms with Crippen molar-refractivity contribution in [3.8, 4) is 11.1 Å². The molecule has 10 heteroatoms. The van der Waals surface area contributed by atoms with Crippen molar-refractivity contribution in [1.82, 2.24) is 10.6 Å². The zero-order chi connectivity index (χ0) is 34.6. The molecule has 2 amide bonds. The highest BCUT2D eigenvalue weighted by Gasteiger charge is 2.48. The molecular formula is C38H40F3N3O4. The fourth-order valence-corrected chi connectivity index (χ4v) is 5.22. The Hall–Kier alpha value is -5.12. The van der Waals surface area contributed by atoms with Crippen LogP contribution in [0.3, 0.4) is 0 Å². The minimum absolute atomic E-state index is 0.0743. The summed E-state index contributed by atoms with van der Waals surface area (Å²) >= 11 is 0. The molecule has 4 aromatic carbocycles. The summed E-state index contributed by atoms with van der Waals surface area (Å²) in [5, 5.41) is 8.95. The Morgan fingerprint density at radius 1 is 0.688 bits per heavy atom. The van der Waals surface area contributed by atoms with Gasteiger partial charge in [-0.25, -0.2) is 0 Å². The molecule has 0 saturated heterocycles. The second-order valence-corrected chi connectivity index (χ2v) is 11.4. The predicted octanol–water partition coefficient (Wildman–Crippen LogP) is 7.06. The Bertz CT molecular complexity index is 1640. The Kier molecular flexibility index (Phi) is 12.4. The van der Waals surface area contributed by atoms with Gasteiger partial charge in [0.2, 0.25) is 11.8 Å². The monoisotopic (exact) mass is 659 g/mol. The summed E-state index contributed by atoms with van der Waals surface area (Å²) in [5.41, 5.74) is 1.81. The molecule has 3 N–H and O–H groups in total. The molecule has 0 fully saturated rings. The number of anilines is 1. The third kappa shape index (κ3) is 9.02. The number of alkyl halides is 3. The molecule has 4 aromatic rings. The lowest BCUT2D eigenvalue weighted by atomic mass is 9.79. The van der Waals surface area contributed by atoms with E-state index in [4.69, 9.17) is 4.74 Å². The third-order valence-electron chi connectivity index (χ3n) is 7.89. The summed E-state index contributed by atoms with van der Waals surface area (Å²) in [4.78, 5) is 40.1. The highest BCUT2D eigenvalue weighted by Crippen LogP contribution is 2.32. The van der Waals surface area contributed by atoms with Crippen molar-refractivity contribution in [1.29, 1.82) is 0 Å². The summed E-state index contributed by atoms with van der Waals surface area (Å²) in [6.07, 6.45) is -3.13. The van der Waals surface area contributed by atoms with Crippen LogP contribution in [0.15, 0.2) is 103 Å². The number of esters is 1. The molecule has 7 nitrogen and oxygen atoms in total. The van der Waals surface area contributed by atoms with Crippen LogP contribution in [-0.4, -0.2) is 37.5 Å². The first-order valence-electron chi connectivity index (χ1n) is 15.9. The highest BCUT2D eigenvalue weighted by atomic mass is 19.4. The number of amides is 2. The van der Waals surface area contributed by atoms with Gasteiger partial charge >= 0.3 is 12.1 Å². The first kappa shape index (κ1) is 35.7. The zero-order valence-electron chi connectivity index (χ0n) is 27.0. The van der Waals surface area contributed by atoms with E-state index in [0.717, 1.165) is 28.9 Å². The normalized spacial score (nSPS) is 11.4. The molecular weight excluding hydrogens is 619 g/mol. The smallest absolute Gasteiger partial charge is 0.416 e. The molecule has 0 atom stereocenters. The SMILES string of the molecule is CCCNC(=O)C(COC(=O)Cc1ccc(NCc2ccccc2-c2ccc(C(F)(F)F)cc2)cc1)(C(=O)NCCC)c1ccccc1. The van der Waals surface area contributed by atoms with Crippen LogP contribution in [0.5, 0.6) is 0 Å². The van der Waals surface area contributed by atoms with E-state index >= 15 is 0 Å². The summed E-state index contributed by atoms with van der Waals surface area (Å²) in [7, 11) is 0. The topological polar surface area (TPSA) is 96.5 Å². The number of benzene rings is 4. The average Bonchev–Trinajstić information content (AvgIpc) is 3.10. The number of ether oxygens (including phenoxy) is 1. The maximum Gasteiger partial charge on any atom is 0.416 e. The summed E-state index contributed by atoms with van der Waals surface area (Å²) in [6, 6.07) is 28.3. The maximum absolute atomic E-state index is 13.5. The predicted molar refractivity (Wildman–Crippen MR) is 180 cm³/mol. The van der Waals surface area contributed by atoms with Crippen LogP contribution in [-0.2, 0) is 43.7 Å². The van der Waals surface area contributed by atoms with Gasteiger partial charge < -0.3 is 20.7 Å². The molecule has 0 bridgehead atoms. The molecule has 0 heterocycles. The first-order valence-corrected chi connectivity index (χ1v) is 15.9. The molecule has 4 rings (SSSR count). The molecule has 0 saturated carbocycles. The molecule has 252 valence electrons. The number of hydrogen-bond donors (Lipinski definition) is 3. The molecule has 0 aliphatic carbocycles.